The van der Waals surface area contributed by atoms with Crippen LogP contribution in [0.25, 0.3) is 0 Å². The zero-order valence-corrected chi connectivity index (χ0v) is 11.6. The van der Waals surface area contributed by atoms with E-state index in [1.54, 1.807) is 11.4 Å². The minimum atomic E-state index is -3.06. The van der Waals surface area contributed by atoms with E-state index in [9.17, 15) is 8.42 Å². The molecule has 0 aromatic heterocycles. The molecule has 1 aliphatic heterocycles. The summed E-state index contributed by atoms with van der Waals surface area (Å²) in [5.74, 6) is 0.822. The first kappa shape index (κ1) is 14.9. The fraction of sp³-hybridized carbons (Fsp3) is 1.00. The molecule has 1 saturated heterocycles. The summed E-state index contributed by atoms with van der Waals surface area (Å²) < 4.78 is 30.5. The van der Waals surface area contributed by atoms with Gasteiger partial charge >= 0.3 is 0 Å². The second kappa shape index (κ2) is 7.31. The lowest BCUT2D eigenvalue weighted by Gasteiger charge is -2.31. The number of nitrogens with zero attached hydrogens (tertiary/aromatic N) is 1. The van der Waals surface area contributed by atoms with Crippen molar-refractivity contribution >= 4 is 10.0 Å². The van der Waals surface area contributed by atoms with E-state index < -0.39 is 10.0 Å². The molecule has 1 rings (SSSR count). The van der Waals surface area contributed by atoms with Crippen LogP contribution in [0.4, 0.5) is 0 Å². The maximum Gasteiger partial charge on any atom is 0.214 e. The number of hydrogen-bond donors (Lipinski definition) is 1. The summed E-state index contributed by atoms with van der Waals surface area (Å²) in [5, 5.41) is 3.15. The number of piperidine rings is 1. The van der Waals surface area contributed by atoms with Gasteiger partial charge in [0.25, 0.3) is 0 Å². The molecule has 1 aliphatic rings. The Balaban J connectivity index is 2.36. The quantitative estimate of drug-likeness (QED) is 0.671. The molecule has 0 unspecified atom stereocenters. The lowest BCUT2D eigenvalue weighted by Crippen LogP contribution is -2.41. The monoisotopic (exact) mass is 264 g/mol. The van der Waals surface area contributed by atoms with Gasteiger partial charge in [0.15, 0.2) is 0 Å². The van der Waals surface area contributed by atoms with Crippen LogP contribution in [0.2, 0.25) is 0 Å². The molecule has 0 aromatic carbocycles. The Labute approximate surface area is 105 Å². The zero-order valence-electron chi connectivity index (χ0n) is 10.8. The minimum Gasteiger partial charge on any atom is -0.385 e. The Bertz CT molecular complexity index is 298. The second-order valence-electron chi connectivity index (χ2n) is 4.56. The Hall–Kier alpha value is -0.170. The van der Waals surface area contributed by atoms with Crippen molar-refractivity contribution in [1.82, 2.24) is 9.62 Å². The van der Waals surface area contributed by atoms with Gasteiger partial charge in [0.05, 0.1) is 5.75 Å². The SMILES string of the molecule is CNCC1CCN(S(=O)(=O)CCCOC)CC1. The van der Waals surface area contributed by atoms with Crippen molar-refractivity contribution < 1.29 is 13.2 Å². The third-order valence-corrected chi connectivity index (χ3v) is 5.17. The van der Waals surface area contributed by atoms with Crippen LogP contribution in [0.15, 0.2) is 0 Å². The van der Waals surface area contributed by atoms with E-state index in [4.69, 9.17) is 4.74 Å². The highest BCUT2D eigenvalue weighted by Crippen LogP contribution is 2.19. The van der Waals surface area contributed by atoms with Crippen LogP contribution in [0.1, 0.15) is 19.3 Å². The number of ether oxygens (including phenoxy) is 1. The van der Waals surface area contributed by atoms with Gasteiger partial charge < -0.3 is 10.1 Å². The number of rotatable bonds is 7. The van der Waals surface area contributed by atoms with Crippen molar-refractivity contribution in [3.8, 4) is 0 Å². The van der Waals surface area contributed by atoms with Crippen molar-refractivity contribution in [2.45, 2.75) is 19.3 Å². The molecule has 0 amide bonds. The smallest absolute Gasteiger partial charge is 0.214 e. The summed E-state index contributed by atoms with van der Waals surface area (Å²) >= 11 is 0. The third kappa shape index (κ3) is 4.91. The van der Waals surface area contributed by atoms with Gasteiger partial charge in [-0.1, -0.05) is 0 Å². The molecule has 1 fully saturated rings. The van der Waals surface area contributed by atoms with Gasteiger partial charge in [0.1, 0.15) is 0 Å². The average molecular weight is 264 g/mol. The minimum absolute atomic E-state index is 0.206. The lowest BCUT2D eigenvalue weighted by molar-refractivity contribution is 0.198. The van der Waals surface area contributed by atoms with Crippen LogP contribution in [-0.4, -0.2) is 58.9 Å². The molecule has 5 nitrogen and oxygen atoms in total. The zero-order chi connectivity index (χ0) is 12.7. The molecule has 1 heterocycles. The third-order valence-electron chi connectivity index (χ3n) is 3.21. The average Bonchev–Trinajstić information content (AvgIpc) is 2.30. The Kier molecular flexibility index (Phi) is 6.40. The van der Waals surface area contributed by atoms with Gasteiger partial charge in [-0.05, 0) is 38.8 Å². The highest BCUT2D eigenvalue weighted by molar-refractivity contribution is 7.89. The van der Waals surface area contributed by atoms with E-state index >= 15 is 0 Å². The standard InChI is InChI=1S/C11H24N2O3S/c1-12-10-11-4-6-13(7-5-11)17(14,15)9-3-8-16-2/h11-12H,3-10H2,1-2H3. The summed E-state index contributed by atoms with van der Waals surface area (Å²) in [4.78, 5) is 0. The molecule has 0 aliphatic carbocycles. The second-order valence-corrected chi connectivity index (χ2v) is 6.65. The highest BCUT2D eigenvalue weighted by atomic mass is 32.2. The van der Waals surface area contributed by atoms with Gasteiger partial charge in [-0.25, -0.2) is 12.7 Å². The van der Waals surface area contributed by atoms with Crippen LogP contribution in [0.3, 0.4) is 0 Å². The molecule has 0 bridgehead atoms. The molecular weight excluding hydrogens is 240 g/mol. The van der Waals surface area contributed by atoms with Crippen molar-refractivity contribution in [1.29, 1.82) is 0 Å². The maximum atomic E-state index is 12.0. The summed E-state index contributed by atoms with van der Waals surface area (Å²) in [6, 6.07) is 0. The molecule has 0 spiro atoms. The van der Waals surface area contributed by atoms with Crippen LogP contribution in [0, 0.1) is 5.92 Å². The van der Waals surface area contributed by atoms with Crippen LogP contribution < -0.4 is 5.32 Å². The van der Waals surface area contributed by atoms with Crippen LogP contribution in [0.5, 0.6) is 0 Å². The Morgan fingerprint density at radius 1 is 1.35 bits per heavy atom. The van der Waals surface area contributed by atoms with E-state index in [1.165, 1.54) is 0 Å². The summed E-state index contributed by atoms with van der Waals surface area (Å²) in [7, 11) is 0.470. The van der Waals surface area contributed by atoms with Gasteiger partial charge in [-0.15, -0.1) is 0 Å². The summed E-state index contributed by atoms with van der Waals surface area (Å²) in [6.45, 7) is 2.83. The van der Waals surface area contributed by atoms with Gasteiger partial charge in [0, 0.05) is 26.8 Å². The van der Waals surface area contributed by atoms with Crippen molar-refractivity contribution in [2.24, 2.45) is 5.92 Å². The summed E-state index contributed by atoms with van der Waals surface area (Å²) in [6.07, 6.45) is 2.50. The molecule has 102 valence electrons. The first-order valence-electron chi connectivity index (χ1n) is 6.21. The first-order valence-corrected chi connectivity index (χ1v) is 7.82. The molecule has 0 radical (unpaired) electrons. The Morgan fingerprint density at radius 2 is 2.00 bits per heavy atom. The van der Waals surface area contributed by atoms with Crippen molar-refractivity contribution in [3.05, 3.63) is 0 Å². The Morgan fingerprint density at radius 3 is 2.53 bits per heavy atom. The molecule has 17 heavy (non-hydrogen) atoms. The fourth-order valence-corrected chi connectivity index (χ4v) is 3.70. The number of sulfonamides is 1. The van der Waals surface area contributed by atoms with Crippen molar-refractivity contribution in [3.63, 3.8) is 0 Å². The summed E-state index contributed by atoms with van der Waals surface area (Å²) in [5.41, 5.74) is 0. The molecule has 0 saturated carbocycles. The predicted octanol–water partition coefficient (Wildman–Crippen LogP) is 0.284. The maximum absolute atomic E-state index is 12.0. The topological polar surface area (TPSA) is 58.6 Å². The van der Waals surface area contributed by atoms with Gasteiger partial charge in [-0.3, -0.25) is 0 Å². The van der Waals surface area contributed by atoms with Crippen molar-refractivity contribution in [2.75, 3.05) is 46.2 Å². The number of hydrogen-bond acceptors (Lipinski definition) is 4. The normalized spacial score (nSPS) is 19.6. The van der Waals surface area contributed by atoms with E-state index in [0.29, 0.717) is 32.0 Å². The van der Waals surface area contributed by atoms with E-state index in [-0.39, 0.29) is 5.75 Å². The first-order chi connectivity index (χ1) is 8.10. The highest BCUT2D eigenvalue weighted by Gasteiger charge is 2.27. The molecule has 0 aromatic rings. The largest absolute Gasteiger partial charge is 0.385 e. The van der Waals surface area contributed by atoms with Gasteiger partial charge in [0.2, 0.25) is 10.0 Å². The molecule has 0 atom stereocenters. The molecular formula is C11H24N2O3S. The van der Waals surface area contributed by atoms with E-state index in [1.807, 2.05) is 7.05 Å². The van der Waals surface area contributed by atoms with Crippen LogP contribution in [-0.2, 0) is 14.8 Å². The lowest BCUT2D eigenvalue weighted by atomic mass is 9.98. The van der Waals surface area contributed by atoms with Gasteiger partial charge in [-0.2, -0.15) is 0 Å². The number of methoxy groups -OCH3 is 1. The predicted molar refractivity (Wildman–Crippen MR) is 68.5 cm³/mol. The molecule has 1 N–H and O–H groups in total. The number of nitrogens with one attached hydrogen (secondary N) is 1. The van der Waals surface area contributed by atoms with E-state index in [0.717, 1.165) is 19.4 Å². The molecule has 6 heteroatoms. The fourth-order valence-electron chi connectivity index (χ4n) is 2.20. The van der Waals surface area contributed by atoms with Crippen LogP contribution >= 0.6 is 0 Å². The van der Waals surface area contributed by atoms with E-state index in [2.05, 4.69) is 5.32 Å².